The minimum Gasteiger partial charge on any atom is -0.463 e. The van der Waals surface area contributed by atoms with Crippen LogP contribution in [0.15, 0.2) is 72.8 Å². The molecule has 1 amide bonds. The number of nitrogens with one attached hydrogen (secondary N) is 1. The minimum absolute atomic E-state index is 0.0189. The Hall–Kier alpha value is -3.55. The second-order valence-corrected chi connectivity index (χ2v) is 11.5. The van der Waals surface area contributed by atoms with Gasteiger partial charge in [-0.15, -0.1) is 0 Å². The van der Waals surface area contributed by atoms with Crippen molar-refractivity contribution in [3.8, 4) is 0 Å². The van der Waals surface area contributed by atoms with Crippen molar-refractivity contribution in [2.24, 2.45) is 0 Å². The fourth-order valence-corrected chi connectivity index (χ4v) is 5.40. The largest absolute Gasteiger partial charge is 0.463 e. The Balaban J connectivity index is 1.89. The van der Waals surface area contributed by atoms with E-state index in [0.717, 1.165) is 10.5 Å². The molecular formula is C31H32Cl2N2O5. The van der Waals surface area contributed by atoms with Crippen molar-refractivity contribution >= 4 is 52.4 Å². The second-order valence-electron chi connectivity index (χ2n) is 10.5. The van der Waals surface area contributed by atoms with E-state index in [9.17, 15) is 14.4 Å². The number of carbonyl (C=O) groups is 3. The maximum Gasteiger partial charge on any atom is 0.416 e. The third-order valence-electron chi connectivity index (χ3n) is 6.45. The van der Waals surface area contributed by atoms with Crippen LogP contribution in [0.25, 0.3) is 0 Å². The highest BCUT2D eigenvalue weighted by Gasteiger charge is 2.61. The van der Waals surface area contributed by atoms with Crippen LogP contribution in [0.3, 0.4) is 0 Å². The number of amides is 1. The van der Waals surface area contributed by atoms with Crippen LogP contribution in [-0.4, -0.2) is 35.1 Å². The molecule has 9 heteroatoms. The number of rotatable bonds is 8. The molecule has 0 radical (unpaired) electrons. The van der Waals surface area contributed by atoms with E-state index in [2.05, 4.69) is 5.32 Å². The monoisotopic (exact) mass is 582 g/mol. The highest BCUT2D eigenvalue weighted by Crippen LogP contribution is 2.56. The number of hydrogen-bond acceptors (Lipinski definition) is 6. The Labute approximate surface area is 244 Å². The van der Waals surface area contributed by atoms with Crippen molar-refractivity contribution in [3.63, 3.8) is 0 Å². The van der Waals surface area contributed by atoms with E-state index >= 15 is 0 Å². The number of nitrogens with zero attached hydrogens (tertiary/aromatic N) is 1. The Morgan fingerprint density at radius 1 is 1.00 bits per heavy atom. The zero-order valence-electron chi connectivity index (χ0n) is 22.9. The van der Waals surface area contributed by atoms with E-state index in [0.29, 0.717) is 28.4 Å². The Bertz CT molecular complexity index is 1390. The lowest BCUT2D eigenvalue weighted by Gasteiger charge is -2.35. The normalized spacial score (nSPS) is 18.1. The van der Waals surface area contributed by atoms with Crippen LogP contribution >= 0.6 is 23.2 Å². The van der Waals surface area contributed by atoms with Gasteiger partial charge in [0.15, 0.2) is 5.78 Å². The zero-order valence-corrected chi connectivity index (χ0v) is 24.4. The van der Waals surface area contributed by atoms with Crippen molar-refractivity contribution in [1.29, 1.82) is 0 Å². The van der Waals surface area contributed by atoms with E-state index < -0.39 is 28.6 Å². The number of alkyl halides is 1. The van der Waals surface area contributed by atoms with Crippen molar-refractivity contribution in [2.45, 2.75) is 57.2 Å². The van der Waals surface area contributed by atoms with Crippen molar-refractivity contribution in [3.05, 3.63) is 94.5 Å². The second kappa shape index (κ2) is 11.9. The van der Waals surface area contributed by atoms with Crippen LogP contribution in [0.1, 0.15) is 61.5 Å². The molecule has 2 atom stereocenters. The first-order chi connectivity index (χ1) is 19.0. The summed E-state index contributed by atoms with van der Waals surface area (Å²) in [4.78, 5) is 39.9. The van der Waals surface area contributed by atoms with Crippen LogP contribution in [0.4, 0.5) is 16.2 Å². The van der Waals surface area contributed by atoms with Gasteiger partial charge in [0.25, 0.3) is 0 Å². The maximum absolute atomic E-state index is 13.7. The van der Waals surface area contributed by atoms with Gasteiger partial charge < -0.3 is 14.8 Å². The van der Waals surface area contributed by atoms with Crippen LogP contribution < -0.4 is 10.2 Å². The van der Waals surface area contributed by atoms with Crippen molar-refractivity contribution < 1.29 is 23.9 Å². The summed E-state index contributed by atoms with van der Waals surface area (Å²) in [5.74, 6) is -2.10. The van der Waals surface area contributed by atoms with E-state index in [-0.39, 0.29) is 24.5 Å². The molecule has 2 unspecified atom stereocenters. The average molecular weight is 584 g/mol. The number of esters is 1. The van der Waals surface area contributed by atoms with Gasteiger partial charge in [0, 0.05) is 40.7 Å². The molecule has 1 aliphatic rings. The zero-order chi connectivity index (χ0) is 29.1. The molecule has 40 heavy (non-hydrogen) atoms. The number of halogens is 2. The van der Waals surface area contributed by atoms with Gasteiger partial charge in [-0.3, -0.25) is 4.79 Å². The summed E-state index contributed by atoms with van der Waals surface area (Å²) in [7, 11) is 0. The first-order valence-electron chi connectivity index (χ1n) is 13.0. The molecule has 0 saturated carbocycles. The molecule has 0 fully saturated rings. The number of carbonyl (C=O) groups excluding carboxylic acids is 3. The summed E-state index contributed by atoms with van der Waals surface area (Å²) >= 11 is 13.8. The SMILES string of the molecule is CCOC(=O)C1(Cl)C(CC(=O)c2ccccc2)c2c(NCc3ccccc3)cc(Cl)cc2N1C(=O)OC(C)(C)C. The maximum atomic E-state index is 13.7. The molecule has 1 N–H and O–H groups in total. The van der Waals surface area contributed by atoms with E-state index in [4.69, 9.17) is 32.7 Å². The first kappa shape index (κ1) is 29.4. The molecule has 3 aromatic rings. The lowest BCUT2D eigenvalue weighted by molar-refractivity contribution is -0.146. The summed E-state index contributed by atoms with van der Waals surface area (Å²) in [6.07, 6.45) is -1.04. The van der Waals surface area contributed by atoms with Gasteiger partial charge >= 0.3 is 12.1 Å². The number of ketones is 1. The van der Waals surface area contributed by atoms with Crippen LogP contribution in [0.5, 0.6) is 0 Å². The molecule has 0 saturated heterocycles. The van der Waals surface area contributed by atoms with Gasteiger partial charge in [-0.1, -0.05) is 83.9 Å². The smallest absolute Gasteiger partial charge is 0.416 e. The third kappa shape index (κ3) is 6.11. The molecule has 0 spiro atoms. The van der Waals surface area contributed by atoms with E-state index in [1.807, 2.05) is 36.4 Å². The lowest BCUT2D eigenvalue weighted by Crippen LogP contribution is -2.55. The van der Waals surface area contributed by atoms with E-state index in [1.165, 1.54) is 0 Å². The highest BCUT2D eigenvalue weighted by atomic mass is 35.5. The lowest BCUT2D eigenvalue weighted by atomic mass is 9.86. The van der Waals surface area contributed by atoms with Crippen LogP contribution in [0.2, 0.25) is 5.02 Å². The van der Waals surface area contributed by atoms with Crippen LogP contribution in [0, 0.1) is 0 Å². The van der Waals surface area contributed by atoms with Gasteiger partial charge in [-0.2, -0.15) is 0 Å². The highest BCUT2D eigenvalue weighted by molar-refractivity contribution is 6.40. The first-order valence-corrected chi connectivity index (χ1v) is 13.8. The molecule has 0 aromatic heterocycles. The van der Waals surface area contributed by atoms with Crippen molar-refractivity contribution in [2.75, 3.05) is 16.8 Å². The summed E-state index contributed by atoms with van der Waals surface area (Å²) in [5.41, 5.74) is 1.87. The minimum atomic E-state index is -2.11. The standard InChI is InChI=1S/C31H32Cl2N2O5/c1-5-39-28(37)31(33)23(18-26(36)21-14-10-7-11-15-21)27-24(34-19-20-12-8-6-9-13-20)16-22(32)17-25(27)35(31)29(38)40-30(2,3)4/h6-17,23,34H,5,18-19H2,1-4H3. The fraction of sp³-hybridized carbons (Fsp3) is 0.323. The number of benzene rings is 3. The van der Waals surface area contributed by atoms with Gasteiger partial charge in [0.1, 0.15) is 5.60 Å². The van der Waals surface area contributed by atoms with Crippen molar-refractivity contribution in [1.82, 2.24) is 0 Å². The molecule has 7 nitrogen and oxygen atoms in total. The molecule has 0 bridgehead atoms. The molecule has 4 rings (SSSR count). The van der Waals surface area contributed by atoms with Gasteiger partial charge in [0.2, 0.25) is 5.00 Å². The molecule has 3 aromatic carbocycles. The predicted octanol–water partition coefficient (Wildman–Crippen LogP) is 7.56. The molecule has 1 heterocycles. The number of Topliss-reactive ketones (excluding diaryl/α,β-unsaturated/α-hetero) is 1. The topological polar surface area (TPSA) is 84.9 Å². The Morgan fingerprint density at radius 3 is 2.23 bits per heavy atom. The Kier molecular flexibility index (Phi) is 8.76. The molecule has 0 aliphatic carbocycles. The van der Waals surface area contributed by atoms with Gasteiger partial charge in [-0.25, -0.2) is 14.5 Å². The quantitative estimate of drug-likeness (QED) is 0.128. The molecular weight excluding hydrogens is 551 g/mol. The third-order valence-corrected chi connectivity index (χ3v) is 7.25. The molecule has 210 valence electrons. The average Bonchev–Trinajstić information content (AvgIpc) is 3.16. The summed E-state index contributed by atoms with van der Waals surface area (Å²) in [6, 6.07) is 21.7. The Morgan fingerprint density at radius 2 is 1.62 bits per heavy atom. The van der Waals surface area contributed by atoms with Crippen LogP contribution in [-0.2, 0) is 20.8 Å². The summed E-state index contributed by atoms with van der Waals surface area (Å²) in [5, 5.41) is 3.68. The number of fused-ring (bicyclic) bond motifs is 1. The number of anilines is 2. The molecule has 1 aliphatic heterocycles. The van der Waals surface area contributed by atoms with Gasteiger partial charge in [-0.05, 0) is 45.4 Å². The number of hydrogen-bond donors (Lipinski definition) is 1. The van der Waals surface area contributed by atoms with Gasteiger partial charge in [0.05, 0.1) is 12.3 Å². The summed E-state index contributed by atoms with van der Waals surface area (Å²) in [6.45, 7) is 7.22. The summed E-state index contributed by atoms with van der Waals surface area (Å²) < 4.78 is 11.1. The number of ether oxygens (including phenoxy) is 2. The fourth-order valence-electron chi connectivity index (χ4n) is 4.79. The predicted molar refractivity (Wildman–Crippen MR) is 157 cm³/mol. The van der Waals surface area contributed by atoms with E-state index in [1.54, 1.807) is 64.1 Å².